The lowest BCUT2D eigenvalue weighted by Gasteiger charge is -2.11. The van der Waals surface area contributed by atoms with E-state index in [-0.39, 0.29) is 0 Å². The summed E-state index contributed by atoms with van der Waals surface area (Å²) in [5, 5.41) is 8.45. The summed E-state index contributed by atoms with van der Waals surface area (Å²) in [5.41, 5.74) is 1.42. The molecule has 1 N–H and O–H groups in total. The van der Waals surface area contributed by atoms with Gasteiger partial charge in [0, 0.05) is 5.56 Å². The number of aliphatic carboxylic acids is 1. The van der Waals surface area contributed by atoms with E-state index in [1.807, 2.05) is 30.3 Å². The van der Waals surface area contributed by atoms with Crippen molar-refractivity contribution in [1.29, 1.82) is 0 Å². The highest BCUT2D eigenvalue weighted by Gasteiger charge is 2.40. The van der Waals surface area contributed by atoms with Gasteiger partial charge < -0.3 is 5.11 Å². The molecule has 0 aromatic heterocycles. The molecule has 2 nitrogen and oxygen atoms in total. The number of carboxylic acids is 1. The van der Waals surface area contributed by atoms with Crippen molar-refractivity contribution >= 4 is 5.97 Å². The van der Waals surface area contributed by atoms with E-state index in [1.165, 1.54) is 12.1 Å². The normalized spacial score (nSPS) is 11.3. The smallest absolute Gasteiger partial charge is 0.379 e. The van der Waals surface area contributed by atoms with Gasteiger partial charge in [0.2, 0.25) is 0 Å². The summed E-state index contributed by atoms with van der Waals surface area (Å²) in [6.07, 6.45) is 0.625. The van der Waals surface area contributed by atoms with Gasteiger partial charge in [-0.15, -0.1) is 0 Å². The van der Waals surface area contributed by atoms with Gasteiger partial charge >= 0.3 is 11.9 Å². The summed E-state index contributed by atoms with van der Waals surface area (Å²) < 4.78 is 26.5. The van der Waals surface area contributed by atoms with Crippen LogP contribution >= 0.6 is 0 Å². The second-order valence-corrected chi connectivity index (χ2v) is 4.24. The van der Waals surface area contributed by atoms with Crippen molar-refractivity contribution < 1.29 is 18.7 Å². The van der Waals surface area contributed by atoms with Crippen molar-refractivity contribution in [2.75, 3.05) is 0 Å². The minimum atomic E-state index is -3.84. The van der Waals surface area contributed by atoms with Crippen molar-refractivity contribution in [3.63, 3.8) is 0 Å². The van der Waals surface area contributed by atoms with Crippen LogP contribution in [-0.4, -0.2) is 11.1 Å². The second kappa shape index (κ2) is 5.18. The van der Waals surface area contributed by atoms with Gasteiger partial charge in [-0.2, -0.15) is 8.78 Å². The van der Waals surface area contributed by atoms with Crippen LogP contribution in [0.3, 0.4) is 0 Å². The Balaban J connectivity index is 2.18. The zero-order valence-corrected chi connectivity index (χ0v) is 10.0. The minimum Gasteiger partial charge on any atom is -0.477 e. The average molecular weight is 262 g/mol. The predicted molar refractivity (Wildman–Crippen MR) is 67.2 cm³/mol. The van der Waals surface area contributed by atoms with Crippen LogP contribution in [0, 0.1) is 0 Å². The summed E-state index contributed by atoms with van der Waals surface area (Å²) >= 11 is 0. The summed E-state index contributed by atoms with van der Waals surface area (Å²) in [4.78, 5) is 10.4. The summed E-state index contributed by atoms with van der Waals surface area (Å²) in [5.74, 6) is -5.98. The van der Waals surface area contributed by atoms with E-state index >= 15 is 0 Å². The first-order chi connectivity index (χ1) is 9.00. The number of benzene rings is 2. The molecule has 0 fully saturated rings. The molecule has 0 bridgehead atoms. The molecular weight excluding hydrogens is 250 g/mol. The lowest BCUT2D eigenvalue weighted by molar-refractivity contribution is -0.166. The van der Waals surface area contributed by atoms with Gasteiger partial charge in [-0.05, 0) is 17.5 Å². The Morgan fingerprint density at radius 3 is 2.00 bits per heavy atom. The quantitative estimate of drug-likeness (QED) is 0.916. The molecule has 0 aliphatic heterocycles. The van der Waals surface area contributed by atoms with Gasteiger partial charge in [-0.25, -0.2) is 4.79 Å². The van der Waals surface area contributed by atoms with Crippen molar-refractivity contribution in [3.05, 3.63) is 71.3 Å². The van der Waals surface area contributed by atoms with E-state index < -0.39 is 17.5 Å². The van der Waals surface area contributed by atoms with Crippen LogP contribution in [-0.2, 0) is 17.1 Å². The molecule has 98 valence electrons. The van der Waals surface area contributed by atoms with Crippen LogP contribution in [0.5, 0.6) is 0 Å². The number of hydrogen-bond acceptors (Lipinski definition) is 1. The lowest BCUT2D eigenvalue weighted by Crippen LogP contribution is -2.25. The molecule has 0 heterocycles. The maximum absolute atomic E-state index is 13.2. The van der Waals surface area contributed by atoms with Crippen LogP contribution in [0.25, 0.3) is 0 Å². The Morgan fingerprint density at radius 2 is 1.47 bits per heavy atom. The molecule has 0 radical (unpaired) electrons. The molecule has 0 aliphatic rings. The van der Waals surface area contributed by atoms with E-state index in [2.05, 4.69) is 0 Å². The van der Waals surface area contributed by atoms with Crippen LogP contribution in [0.4, 0.5) is 8.78 Å². The van der Waals surface area contributed by atoms with E-state index in [0.29, 0.717) is 6.42 Å². The van der Waals surface area contributed by atoms with Gasteiger partial charge in [-0.1, -0.05) is 54.6 Å². The number of carbonyl (C=O) groups is 1. The largest absolute Gasteiger partial charge is 0.477 e. The maximum Gasteiger partial charge on any atom is 0.379 e. The topological polar surface area (TPSA) is 37.3 Å². The number of halogens is 2. The molecule has 0 unspecified atom stereocenters. The Morgan fingerprint density at radius 1 is 0.947 bits per heavy atom. The standard InChI is InChI=1S/C15H12F2O2/c16-15(17,14(18)19)13-8-6-12(7-9-13)10-11-4-2-1-3-5-11/h1-9H,10H2,(H,18,19). The number of carboxylic acid groups (broad SMARTS) is 1. The van der Waals surface area contributed by atoms with Crippen molar-refractivity contribution in [1.82, 2.24) is 0 Å². The minimum absolute atomic E-state index is 0.503. The maximum atomic E-state index is 13.2. The average Bonchev–Trinajstić information content (AvgIpc) is 2.40. The van der Waals surface area contributed by atoms with E-state index in [1.54, 1.807) is 0 Å². The molecule has 0 atom stereocenters. The van der Waals surface area contributed by atoms with Gasteiger partial charge in [0.05, 0.1) is 0 Å². The highest BCUT2D eigenvalue weighted by molar-refractivity contribution is 5.77. The lowest BCUT2D eigenvalue weighted by atomic mass is 10.0. The van der Waals surface area contributed by atoms with Crippen molar-refractivity contribution in [2.45, 2.75) is 12.3 Å². The number of alkyl halides is 2. The Kier molecular flexibility index (Phi) is 3.60. The Hall–Kier alpha value is -2.23. The third kappa shape index (κ3) is 2.96. The molecule has 2 aromatic rings. The van der Waals surface area contributed by atoms with Crippen LogP contribution < -0.4 is 0 Å². The van der Waals surface area contributed by atoms with Crippen molar-refractivity contribution in [2.24, 2.45) is 0 Å². The molecule has 0 saturated carbocycles. The molecule has 0 aliphatic carbocycles. The Bertz CT molecular complexity index is 562. The molecular formula is C15H12F2O2. The third-order valence-electron chi connectivity index (χ3n) is 2.84. The number of hydrogen-bond donors (Lipinski definition) is 1. The monoisotopic (exact) mass is 262 g/mol. The predicted octanol–water partition coefficient (Wildman–Crippen LogP) is 3.45. The van der Waals surface area contributed by atoms with Crippen LogP contribution in [0.1, 0.15) is 16.7 Å². The van der Waals surface area contributed by atoms with Crippen LogP contribution in [0.15, 0.2) is 54.6 Å². The molecule has 0 amide bonds. The Labute approximate surface area is 109 Å². The summed E-state index contributed by atoms with van der Waals surface area (Å²) in [6, 6.07) is 15.0. The zero-order valence-electron chi connectivity index (χ0n) is 10.0. The molecule has 0 saturated heterocycles. The fraction of sp³-hybridized carbons (Fsp3) is 0.133. The van der Waals surface area contributed by atoms with Gasteiger partial charge in [0.25, 0.3) is 0 Å². The number of rotatable bonds is 4. The fourth-order valence-electron chi connectivity index (χ4n) is 1.79. The molecule has 2 aromatic carbocycles. The second-order valence-electron chi connectivity index (χ2n) is 4.24. The highest BCUT2D eigenvalue weighted by Crippen LogP contribution is 2.28. The van der Waals surface area contributed by atoms with E-state index in [9.17, 15) is 13.6 Å². The first kappa shape index (κ1) is 13.2. The van der Waals surface area contributed by atoms with Crippen molar-refractivity contribution in [3.8, 4) is 0 Å². The molecule has 19 heavy (non-hydrogen) atoms. The van der Waals surface area contributed by atoms with E-state index in [0.717, 1.165) is 23.3 Å². The van der Waals surface area contributed by atoms with Gasteiger partial charge in [-0.3, -0.25) is 0 Å². The van der Waals surface area contributed by atoms with E-state index in [4.69, 9.17) is 5.11 Å². The zero-order chi connectivity index (χ0) is 13.9. The van der Waals surface area contributed by atoms with Gasteiger partial charge in [0.1, 0.15) is 0 Å². The van der Waals surface area contributed by atoms with Gasteiger partial charge in [0.15, 0.2) is 0 Å². The first-order valence-electron chi connectivity index (χ1n) is 5.74. The fourth-order valence-corrected chi connectivity index (χ4v) is 1.79. The third-order valence-corrected chi connectivity index (χ3v) is 2.84. The highest BCUT2D eigenvalue weighted by atomic mass is 19.3. The SMILES string of the molecule is O=C(O)C(F)(F)c1ccc(Cc2ccccc2)cc1. The molecule has 2 rings (SSSR count). The first-order valence-corrected chi connectivity index (χ1v) is 5.74. The van der Waals surface area contributed by atoms with Crippen LogP contribution in [0.2, 0.25) is 0 Å². The molecule has 0 spiro atoms. The summed E-state index contributed by atoms with van der Waals surface area (Å²) in [6.45, 7) is 0. The summed E-state index contributed by atoms with van der Waals surface area (Å²) in [7, 11) is 0. The molecule has 4 heteroatoms.